The number of nitrogens with zero attached hydrogens (tertiary/aromatic N) is 3. The number of rotatable bonds is 6. The number of ether oxygens (including phenoxy) is 3. The van der Waals surface area contributed by atoms with Crippen LogP contribution in [-0.2, 0) is 0 Å². The molecule has 27 heavy (non-hydrogen) atoms. The first-order chi connectivity index (χ1) is 13.1. The van der Waals surface area contributed by atoms with Crippen molar-refractivity contribution in [3.05, 3.63) is 51.2 Å². The summed E-state index contributed by atoms with van der Waals surface area (Å²) in [6, 6.07) is 11.3. The Labute approximate surface area is 169 Å². The zero-order valence-corrected chi connectivity index (χ0v) is 17.3. The summed E-state index contributed by atoms with van der Waals surface area (Å²) in [6.07, 6.45) is 1.71. The average molecular weight is 449 g/mol. The molecule has 7 nitrogen and oxygen atoms in total. The molecular weight excluding hydrogens is 432 g/mol. The summed E-state index contributed by atoms with van der Waals surface area (Å²) in [5.74, 6) is 2.05. The highest BCUT2D eigenvalue weighted by Gasteiger charge is 2.17. The van der Waals surface area contributed by atoms with Gasteiger partial charge in [-0.15, -0.1) is 0 Å². The van der Waals surface area contributed by atoms with Crippen LogP contribution < -0.4 is 14.2 Å². The summed E-state index contributed by atoms with van der Waals surface area (Å²) < 4.78 is 19.0. The van der Waals surface area contributed by atoms with Gasteiger partial charge in [0.15, 0.2) is 17.3 Å². The number of hydrogen-bond donors (Lipinski definition) is 1. The van der Waals surface area contributed by atoms with Crippen molar-refractivity contribution < 1.29 is 14.2 Å². The van der Waals surface area contributed by atoms with Crippen LogP contribution in [0, 0.1) is 4.77 Å². The Morgan fingerprint density at radius 3 is 2.37 bits per heavy atom. The van der Waals surface area contributed by atoms with E-state index < -0.39 is 0 Å². The lowest BCUT2D eigenvalue weighted by atomic mass is 10.1. The van der Waals surface area contributed by atoms with Crippen LogP contribution in [-0.4, -0.2) is 42.4 Å². The smallest absolute Gasteiger partial charge is 0.216 e. The van der Waals surface area contributed by atoms with E-state index in [2.05, 4.69) is 31.2 Å². The van der Waals surface area contributed by atoms with Crippen molar-refractivity contribution in [2.75, 3.05) is 21.3 Å². The molecule has 0 amide bonds. The molecule has 0 aliphatic heterocycles. The van der Waals surface area contributed by atoms with Crippen molar-refractivity contribution in [2.24, 2.45) is 5.10 Å². The number of benzene rings is 2. The zero-order valence-electron chi connectivity index (χ0n) is 14.9. The molecule has 0 saturated carbocycles. The summed E-state index contributed by atoms with van der Waals surface area (Å²) in [5, 5.41) is 11.5. The summed E-state index contributed by atoms with van der Waals surface area (Å²) in [6.45, 7) is 0. The third kappa shape index (κ3) is 3.88. The molecular formula is C18H17BrN4O3S. The van der Waals surface area contributed by atoms with Crippen LogP contribution in [0.2, 0.25) is 0 Å². The predicted molar refractivity (Wildman–Crippen MR) is 110 cm³/mol. The van der Waals surface area contributed by atoms with Crippen LogP contribution in [0.15, 0.2) is 46.0 Å². The molecule has 3 aromatic rings. The first-order valence-electron chi connectivity index (χ1n) is 7.85. The minimum absolute atomic E-state index is 0.363. The van der Waals surface area contributed by atoms with E-state index in [1.165, 1.54) is 4.68 Å². The van der Waals surface area contributed by atoms with Crippen molar-refractivity contribution in [3.8, 4) is 28.6 Å². The number of H-pyrrole nitrogens is 1. The van der Waals surface area contributed by atoms with Crippen molar-refractivity contribution >= 4 is 34.4 Å². The number of aromatic nitrogens is 3. The third-order valence-electron chi connectivity index (χ3n) is 3.79. The molecule has 1 N–H and O–H groups in total. The van der Waals surface area contributed by atoms with Crippen LogP contribution in [0.4, 0.5) is 0 Å². The van der Waals surface area contributed by atoms with Gasteiger partial charge in [0.05, 0.1) is 27.5 Å². The van der Waals surface area contributed by atoms with Crippen molar-refractivity contribution in [1.29, 1.82) is 0 Å². The van der Waals surface area contributed by atoms with Gasteiger partial charge < -0.3 is 14.2 Å². The van der Waals surface area contributed by atoms with Gasteiger partial charge in [0.1, 0.15) is 0 Å². The molecule has 0 saturated heterocycles. The second-order valence-electron chi connectivity index (χ2n) is 5.34. The van der Waals surface area contributed by atoms with Crippen molar-refractivity contribution in [3.63, 3.8) is 0 Å². The van der Waals surface area contributed by atoms with Gasteiger partial charge in [-0.3, -0.25) is 0 Å². The number of aromatic amines is 1. The molecule has 0 bridgehead atoms. The lowest BCUT2D eigenvalue weighted by molar-refractivity contribution is 0.324. The number of hydrogen-bond acceptors (Lipinski definition) is 6. The van der Waals surface area contributed by atoms with Gasteiger partial charge in [0, 0.05) is 15.6 Å². The second-order valence-corrected chi connectivity index (χ2v) is 6.59. The van der Waals surface area contributed by atoms with Crippen molar-refractivity contribution in [1.82, 2.24) is 14.9 Å². The highest BCUT2D eigenvalue weighted by atomic mass is 79.9. The quantitative estimate of drug-likeness (QED) is 0.449. The van der Waals surface area contributed by atoms with Gasteiger partial charge >= 0.3 is 0 Å². The van der Waals surface area contributed by atoms with E-state index in [9.17, 15) is 0 Å². The van der Waals surface area contributed by atoms with E-state index in [1.807, 2.05) is 24.3 Å². The van der Waals surface area contributed by atoms with Gasteiger partial charge in [-0.1, -0.05) is 34.1 Å². The Hall–Kier alpha value is -2.65. The van der Waals surface area contributed by atoms with Gasteiger partial charge in [-0.25, -0.2) is 5.10 Å². The Morgan fingerprint density at radius 1 is 1.11 bits per heavy atom. The van der Waals surface area contributed by atoms with Crippen molar-refractivity contribution in [2.45, 2.75) is 0 Å². The Bertz CT molecular complexity index is 1020. The lowest BCUT2D eigenvalue weighted by Crippen LogP contribution is -1.99. The fourth-order valence-electron chi connectivity index (χ4n) is 2.50. The van der Waals surface area contributed by atoms with E-state index in [0.717, 1.165) is 10.0 Å². The highest BCUT2D eigenvalue weighted by Crippen LogP contribution is 2.40. The molecule has 0 atom stereocenters. The fraction of sp³-hybridized carbons (Fsp3) is 0.167. The molecule has 2 aromatic carbocycles. The Kier molecular flexibility index (Phi) is 5.92. The third-order valence-corrected chi connectivity index (χ3v) is 4.78. The minimum Gasteiger partial charge on any atom is -0.493 e. The van der Waals surface area contributed by atoms with Gasteiger partial charge in [-0.2, -0.15) is 14.9 Å². The summed E-state index contributed by atoms with van der Waals surface area (Å²) in [4.78, 5) is 0. The summed E-state index contributed by atoms with van der Waals surface area (Å²) in [7, 11) is 4.67. The Balaban J connectivity index is 2.10. The van der Waals surface area contributed by atoms with E-state index in [1.54, 1.807) is 39.7 Å². The van der Waals surface area contributed by atoms with E-state index in [4.69, 9.17) is 26.4 Å². The molecule has 0 radical (unpaired) electrons. The standard InChI is InChI=1S/C18H17BrN4O3S/c1-24-14-8-12(9-15(25-2)16(14)26-3)17-21-22-18(27)23(17)20-10-11-6-4-5-7-13(11)19/h4-10H,1-3H3,(H,22,27). The largest absolute Gasteiger partial charge is 0.493 e. The molecule has 0 fully saturated rings. The number of methoxy groups -OCH3 is 3. The van der Waals surface area contributed by atoms with Gasteiger partial charge in [0.2, 0.25) is 10.5 Å². The maximum absolute atomic E-state index is 5.41. The number of halogens is 1. The van der Waals surface area contributed by atoms with Gasteiger partial charge in [-0.05, 0) is 30.4 Å². The van der Waals surface area contributed by atoms with Crippen LogP contribution in [0.25, 0.3) is 11.4 Å². The molecule has 0 aliphatic carbocycles. The zero-order chi connectivity index (χ0) is 19.4. The van der Waals surface area contributed by atoms with Crippen LogP contribution >= 0.6 is 28.1 Å². The second kappa shape index (κ2) is 8.36. The SMILES string of the molecule is COc1cc(-c2n[nH]c(=S)n2N=Cc2ccccc2Br)cc(OC)c1OC. The van der Waals surface area contributed by atoms with Crippen LogP contribution in [0.3, 0.4) is 0 Å². The van der Waals surface area contributed by atoms with Gasteiger partial charge in [0.25, 0.3) is 0 Å². The van der Waals surface area contributed by atoms with Crippen LogP contribution in [0.5, 0.6) is 17.2 Å². The molecule has 140 valence electrons. The monoisotopic (exact) mass is 448 g/mol. The normalized spacial score (nSPS) is 11.0. The molecule has 0 aliphatic rings. The maximum atomic E-state index is 5.41. The van der Waals surface area contributed by atoms with E-state index >= 15 is 0 Å². The lowest BCUT2D eigenvalue weighted by Gasteiger charge is -2.13. The van der Waals surface area contributed by atoms with E-state index in [-0.39, 0.29) is 0 Å². The molecule has 0 spiro atoms. The fourth-order valence-corrected chi connectivity index (χ4v) is 3.06. The molecule has 3 rings (SSSR count). The number of nitrogens with one attached hydrogen (secondary N) is 1. The highest BCUT2D eigenvalue weighted by molar-refractivity contribution is 9.10. The molecule has 0 unspecified atom stereocenters. The topological polar surface area (TPSA) is 73.7 Å². The minimum atomic E-state index is 0.363. The first-order valence-corrected chi connectivity index (χ1v) is 9.05. The maximum Gasteiger partial charge on any atom is 0.216 e. The first kappa shape index (κ1) is 19.1. The predicted octanol–water partition coefficient (Wildman–Crippen LogP) is 4.28. The molecule has 1 aromatic heterocycles. The molecule has 9 heteroatoms. The Morgan fingerprint density at radius 2 is 1.78 bits per heavy atom. The average Bonchev–Trinajstić information content (AvgIpc) is 3.06. The summed E-state index contributed by atoms with van der Waals surface area (Å²) in [5.41, 5.74) is 1.62. The molecule has 1 heterocycles. The van der Waals surface area contributed by atoms with E-state index in [0.29, 0.717) is 33.4 Å². The summed E-state index contributed by atoms with van der Waals surface area (Å²) >= 11 is 8.82. The van der Waals surface area contributed by atoms with Crippen LogP contribution in [0.1, 0.15) is 5.56 Å².